The van der Waals surface area contributed by atoms with Gasteiger partial charge >= 0.3 is 0 Å². The van der Waals surface area contributed by atoms with Gasteiger partial charge in [0.15, 0.2) is 11.5 Å². The SMILES string of the molecule is CCc1nn(C)cc1C(NC)c1ccc(OC)c(OC)c1. The van der Waals surface area contributed by atoms with E-state index in [9.17, 15) is 0 Å². The fraction of sp³-hybridized carbons (Fsp3) is 0.438. The monoisotopic (exact) mass is 289 g/mol. The molecule has 0 saturated carbocycles. The number of hydrogen-bond donors (Lipinski definition) is 1. The highest BCUT2D eigenvalue weighted by atomic mass is 16.5. The Kier molecular flexibility index (Phi) is 4.85. The molecule has 0 spiro atoms. The quantitative estimate of drug-likeness (QED) is 0.886. The van der Waals surface area contributed by atoms with Crippen molar-refractivity contribution >= 4 is 0 Å². The van der Waals surface area contributed by atoms with Gasteiger partial charge in [0.2, 0.25) is 0 Å². The zero-order valence-electron chi connectivity index (χ0n) is 13.3. The zero-order chi connectivity index (χ0) is 15.4. The molecule has 1 heterocycles. The normalized spacial score (nSPS) is 12.2. The highest BCUT2D eigenvalue weighted by Crippen LogP contribution is 2.32. The molecule has 1 unspecified atom stereocenters. The van der Waals surface area contributed by atoms with Crippen LogP contribution in [0.3, 0.4) is 0 Å². The van der Waals surface area contributed by atoms with Crippen molar-refractivity contribution < 1.29 is 9.47 Å². The van der Waals surface area contributed by atoms with Crippen molar-refractivity contribution in [3.05, 3.63) is 41.2 Å². The maximum atomic E-state index is 5.40. The van der Waals surface area contributed by atoms with Crippen molar-refractivity contribution in [1.29, 1.82) is 0 Å². The Bertz CT molecular complexity index is 608. The molecule has 0 aliphatic heterocycles. The average molecular weight is 289 g/mol. The lowest BCUT2D eigenvalue weighted by Crippen LogP contribution is -2.18. The minimum absolute atomic E-state index is 0.0773. The standard InChI is InChI=1S/C16H23N3O2/c1-6-13-12(10-19(3)18-13)16(17-2)11-7-8-14(20-4)15(9-11)21-5/h7-10,16-17H,6H2,1-5H3. The Labute approximate surface area is 125 Å². The third-order valence-electron chi connectivity index (χ3n) is 3.61. The molecule has 5 heteroatoms. The minimum atomic E-state index is 0.0773. The van der Waals surface area contributed by atoms with Gasteiger partial charge in [0.05, 0.1) is 26.0 Å². The van der Waals surface area contributed by atoms with E-state index in [0.717, 1.165) is 29.2 Å². The van der Waals surface area contributed by atoms with Gasteiger partial charge in [0, 0.05) is 18.8 Å². The first-order valence-corrected chi connectivity index (χ1v) is 7.06. The Morgan fingerprint density at radius 3 is 2.52 bits per heavy atom. The fourth-order valence-electron chi connectivity index (χ4n) is 2.60. The van der Waals surface area contributed by atoms with Crippen LogP contribution in [-0.2, 0) is 13.5 Å². The molecule has 21 heavy (non-hydrogen) atoms. The van der Waals surface area contributed by atoms with Crippen LogP contribution in [0.1, 0.15) is 29.8 Å². The van der Waals surface area contributed by atoms with E-state index in [0.29, 0.717) is 0 Å². The van der Waals surface area contributed by atoms with E-state index in [1.165, 1.54) is 5.56 Å². The van der Waals surface area contributed by atoms with Gasteiger partial charge in [-0.25, -0.2) is 0 Å². The molecule has 2 aromatic rings. The first-order chi connectivity index (χ1) is 10.1. The van der Waals surface area contributed by atoms with Gasteiger partial charge in [-0.05, 0) is 31.2 Å². The Morgan fingerprint density at radius 1 is 1.24 bits per heavy atom. The second-order valence-electron chi connectivity index (χ2n) is 4.89. The van der Waals surface area contributed by atoms with Crippen LogP contribution in [0.5, 0.6) is 11.5 Å². The molecule has 0 fully saturated rings. The van der Waals surface area contributed by atoms with E-state index < -0.39 is 0 Å². The largest absolute Gasteiger partial charge is 0.493 e. The van der Waals surface area contributed by atoms with Crippen LogP contribution in [0.2, 0.25) is 0 Å². The van der Waals surface area contributed by atoms with Crippen molar-refractivity contribution in [3.8, 4) is 11.5 Å². The highest BCUT2D eigenvalue weighted by Gasteiger charge is 2.19. The number of nitrogens with zero attached hydrogens (tertiary/aromatic N) is 2. The summed E-state index contributed by atoms with van der Waals surface area (Å²) < 4.78 is 12.6. The maximum absolute atomic E-state index is 5.40. The van der Waals surface area contributed by atoms with Crippen LogP contribution in [0.25, 0.3) is 0 Å². The number of aryl methyl sites for hydroxylation is 2. The topological polar surface area (TPSA) is 48.3 Å². The van der Waals surface area contributed by atoms with E-state index in [-0.39, 0.29) is 6.04 Å². The highest BCUT2D eigenvalue weighted by molar-refractivity contribution is 5.46. The summed E-state index contributed by atoms with van der Waals surface area (Å²) in [7, 11) is 7.19. The van der Waals surface area contributed by atoms with E-state index >= 15 is 0 Å². The van der Waals surface area contributed by atoms with Gasteiger partial charge in [-0.2, -0.15) is 5.10 Å². The van der Waals surface area contributed by atoms with E-state index in [1.54, 1.807) is 14.2 Å². The van der Waals surface area contributed by atoms with Gasteiger partial charge < -0.3 is 14.8 Å². The van der Waals surface area contributed by atoms with Crippen molar-refractivity contribution in [3.63, 3.8) is 0 Å². The molecule has 0 bridgehead atoms. The minimum Gasteiger partial charge on any atom is -0.493 e. The van der Waals surface area contributed by atoms with Crippen LogP contribution in [-0.4, -0.2) is 31.0 Å². The number of benzene rings is 1. The van der Waals surface area contributed by atoms with Crippen molar-refractivity contribution in [1.82, 2.24) is 15.1 Å². The predicted molar refractivity (Wildman–Crippen MR) is 83.0 cm³/mol. The number of ether oxygens (including phenoxy) is 2. The third kappa shape index (κ3) is 3.03. The van der Waals surface area contributed by atoms with Crippen LogP contribution >= 0.6 is 0 Å². The van der Waals surface area contributed by atoms with Crippen molar-refractivity contribution in [2.24, 2.45) is 7.05 Å². The van der Waals surface area contributed by atoms with E-state index in [2.05, 4.69) is 29.6 Å². The van der Waals surface area contributed by atoms with E-state index in [4.69, 9.17) is 9.47 Å². The molecule has 0 aliphatic carbocycles. The van der Waals surface area contributed by atoms with E-state index in [1.807, 2.05) is 30.9 Å². The van der Waals surface area contributed by atoms with Gasteiger partial charge in [0.25, 0.3) is 0 Å². The number of methoxy groups -OCH3 is 2. The molecule has 0 radical (unpaired) electrons. The molecule has 0 amide bonds. The van der Waals surface area contributed by atoms with Gasteiger partial charge in [0.1, 0.15) is 0 Å². The van der Waals surface area contributed by atoms with Crippen LogP contribution in [0.4, 0.5) is 0 Å². The zero-order valence-corrected chi connectivity index (χ0v) is 13.3. The summed E-state index contributed by atoms with van der Waals surface area (Å²) in [5.74, 6) is 1.47. The molecule has 114 valence electrons. The molecular formula is C16H23N3O2. The summed E-state index contributed by atoms with van der Waals surface area (Å²) in [4.78, 5) is 0. The van der Waals surface area contributed by atoms with Crippen LogP contribution < -0.4 is 14.8 Å². The summed E-state index contributed by atoms with van der Waals surface area (Å²) >= 11 is 0. The van der Waals surface area contributed by atoms with Gasteiger partial charge in [-0.1, -0.05) is 13.0 Å². The summed E-state index contributed by atoms with van der Waals surface area (Å²) in [5, 5.41) is 7.88. The first-order valence-electron chi connectivity index (χ1n) is 7.06. The molecule has 2 rings (SSSR count). The Hall–Kier alpha value is -2.01. The number of hydrogen-bond acceptors (Lipinski definition) is 4. The van der Waals surface area contributed by atoms with Crippen molar-refractivity contribution in [2.45, 2.75) is 19.4 Å². The summed E-state index contributed by atoms with van der Waals surface area (Å²) in [5.41, 5.74) is 3.42. The van der Waals surface area contributed by atoms with Crippen molar-refractivity contribution in [2.75, 3.05) is 21.3 Å². The molecule has 1 N–H and O–H groups in total. The first kappa shape index (κ1) is 15.4. The third-order valence-corrected chi connectivity index (χ3v) is 3.61. The Morgan fingerprint density at radius 2 is 1.95 bits per heavy atom. The summed E-state index contributed by atoms with van der Waals surface area (Å²) in [6.07, 6.45) is 2.97. The smallest absolute Gasteiger partial charge is 0.161 e. The maximum Gasteiger partial charge on any atom is 0.161 e. The molecule has 1 atom stereocenters. The lowest BCUT2D eigenvalue weighted by Gasteiger charge is -2.18. The molecule has 1 aromatic carbocycles. The lowest BCUT2D eigenvalue weighted by molar-refractivity contribution is 0.354. The molecular weight excluding hydrogens is 266 g/mol. The summed E-state index contributed by atoms with van der Waals surface area (Å²) in [6, 6.07) is 6.07. The Balaban J connectivity index is 2.45. The molecule has 0 aliphatic rings. The number of aromatic nitrogens is 2. The predicted octanol–water partition coefficient (Wildman–Crippen LogP) is 2.31. The van der Waals surface area contributed by atoms with Crippen LogP contribution in [0, 0.1) is 0 Å². The number of nitrogens with one attached hydrogen (secondary N) is 1. The molecule has 0 saturated heterocycles. The second-order valence-corrected chi connectivity index (χ2v) is 4.89. The molecule has 5 nitrogen and oxygen atoms in total. The number of rotatable bonds is 6. The van der Waals surface area contributed by atoms with Gasteiger partial charge in [-0.3, -0.25) is 4.68 Å². The van der Waals surface area contributed by atoms with Crippen LogP contribution in [0.15, 0.2) is 24.4 Å². The fourth-order valence-corrected chi connectivity index (χ4v) is 2.60. The van der Waals surface area contributed by atoms with Gasteiger partial charge in [-0.15, -0.1) is 0 Å². The average Bonchev–Trinajstić information content (AvgIpc) is 2.88. The summed E-state index contributed by atoms with van der Waals surface area (Å²) in [6.45, 7) is 2.12. The second kappa shape index (κ2) is 6.63. The lowest BCUT2D eigenvalue weighted by atomic mass is 9.98. The molecule has 1 aromatic heterocycles.